The van der Waals surface area contributed by atoms with Gasteiger partial charge in [-0.3, -0.25) is 14.5 Å². The standard InChI is InChI=1S/C17H20N4O2S/c1-12-2-4-13(5-3-12)19-15(22)8-17-20-14(11-24-17)9-21-7-6-18-16(23)10-21/h2-5,11H,6-10H2,1H3,(H,18,23)(H,19,22). The van der Waals surface area contributed by atoms with Crippen LogP contribution < -0.4 is 10.6 Å². The molecular formula is C17H20N4O2S. The molecule has 2 aromatic rings. The molecule has 7 heteroatoms. The molecule has 0 saturated carbocycles. The van der Waals surface area contributed by atoms with Crippen LogP contribution in [0.4, 0.5) is 5.69 Å². The number of benzene rings is 1. The number of amides is 2. The van der Waals surface area contributed by atoms with Crippen molar-refractivity contribution in [2.24, 2.45) is 0 Å². The minimum Gasteiger partial charge on any atom is -0.354 e. The Bertz CT molecular complexity index is 726. The Balaban J connectivity index is 1.52. The number of nitrogens with zero attached hydrogens (tertiary/aromatic N) is 2. The zero-order chi connectivity index (χ0) is 16.9. The molecule has 24 heavy (non-hydrogen) atoms. The zero-order valence-electron chi connectivity index (χ0n) is 13.5. The highest BCUT2D eigenvalue weighted by Crippen LogP contribution is 2.14. The first-order chi connectivity index (χ1) is 11.6. The van der Waals surface area contributed by atoms with E-state index in [0.29, 0.717) is 19.6 Å². The van der Waals surface area contributed by atoms with Crippen molar-refractivity contribution in [2.45, 2.75) is 19.9 Å². The van der Waals surface area contributed by atoms with Gasteiger partial charge in [0.2, 0.25) is 11.8 Å². The van der Waals surface area contributed by atoms with Crippen LogP contribution in [-0.2, 0) is 22.6 Å². The van der Waals surface area contributed by atoms with Crippen LogP contribution in [0.25, 0.3) is 0 Å². The first-order valence-electron chi connectivity index (χ1n) is 7.87. The highest BCUT2D eigenvalue weighted by Gasteiger charge is 2.17. The van der Waals surface area contributed by atoms with Crippen molar-refractivity contribution in [1.29, 1.82) is 0 Å². The largest absolute Gasteiger partial charge is 0.354 e. The van der Waals surface area contributed by atoms with E-state index in [2.05, 4.69) is 20.5 Å². The summed E-state index contributed by atoms with van der Waals surface area (Å²) in [6.07, 6.45) is 0.263. The van der Waals surface area contributed by atoms with E-state index < -0.39 is 0 Å². The monoisotopic (exact) mass is 344 g/mol. The molecule has 2 amide bonds. The van der Waals surface area contributed by atoms with Gasteiger partial charge in [0.15, 0.2) is 0 Å². The second kappa shape index (κ2) is 7.55. The van der Waals surface area contributed by atoms with Gasteiger partial charge in [0, 0.05) is 30.7 Å². The average Bonchev–Trinajstić information content (AvgIpc) is 2.96. The second-order valence-electron chi connectivity index (χ2n) is 5.88. The Morgan fingerprint density at radius 1 is 1.38 bits per heavy atom. The Labute approximate surface area is 144 Å². The third-order valence-electron chi connectivity index (χ3n) is 3.75. The third kappa shape index (κ3) is 4.62. The average molecular weight is 344 g/mol. The summed E-state index contributed by atoms with van der Waals surface area (Å²) in [6, 6.07) is 7.71. The molecule has 1 aromatic carbocycles. The number of aromatic nitrogens is 1. The van der Waals surface area contributed by atoms with Crippen molar-refractivity contribution in [3.05, 3.63) is 45.9 Å². The fourth-order valence-corrected chi connectivity index (χ4v) is 3.32. The highest BCUT2D eigenvalue weighted by molar-refractivity contribution is 7.09. The van der Waals surface area contributed by atoms with Crippen LogP contribution in [0.1, 0.15) is 16.3 Å². The van der Waals surface area contributed by atoms with Crippen molar-refractivity contribution >= 4 is 28.8 Å². The maximum absolute atomic E-state index is 12.1. The number of thiazole rings is 1. The molecule has 2 N–H and O–H groups in total. The molecule has 0 atom stereocenters. The topological polar surface area (TPSA) is 74.3 Å². The second-order valence-corrected chi connectivity index (χ2v) is 6.83. The first kappa shape index (κ1) is 16.6. The van der Waals surface area contributed by atoms with Crippen LogP contribution in [0.15, 0.2) is 29.6 Å². The number of aryl methyl sites for hydroxylation is 1. The zero-order valence-corrected chi connectivity index (χ0v) is 14.4. The third-order valence-corrected chi connectivity index (χ3v) is 4.65. The van der Waals surface area contributed by atoms with Gasteiger partial charge in [-0.2, -0.15) is 0 Å². The highest BCUT2D eigenvalue weighted by atomic mass is 32.1. The molecular weight excluding hydrogens is 324 g/mol. The van der Waals surface area contributed by atoms with E-state index in [4.69, 9.17) is 0 Å². The van der Waals surface area contributed by atoms with Crippen molar-refractivity contribution < 1.29 is 9.59 Å². The summed E-state index contributed by atoms with van der Waals surface area (Å²) >= 11 is 1.48. The Morgan fingerprint density at radius 3 is 2.92 bits per heavy atom. The summed E-state index contributed by atoms with van der Waals surface area (Å²) < 4.78 is 0. The van der Waals surface area contributed by atoms with E-state index in [-0.39, 0.29) is 18.2 Å². The molecule has 2 heterocycles. The maximum Gasteiger partial charge on any atom is 0.234 e. The fourth-order valence-electron chi connectivity index (χ4n) is 2.54. The number of carbonyl (C=O) groups excluding carboxylic acids is 2. The lowest BCUT2D eigenvalue weighted by Gasteiger charge is -2.25. The summed E-state index contributed by atoms with van der Waals surface area (Å²) in [6.45, 7) is 4.56. The van der Waals surface area contributed by atoms with Gasteiger partial charge in [-0.15, -0.1) is 11.3 Å². The van der Waals surface area contributed by atoms with Crippen LogP contribution in [0, 0.1) is 6.92 Å². The van der Waals surface area contributed by atoms with Crippen LogP contribution >= 0.6 is 11.3 Å². The van der Waals surface area contributed by atoms with Gasteiger partial charge in [0.1, 0.15) is 5.01 Å². The number of hydrogen-bond acceptors (Lipinski definition) is 5. The first-order valence-corrected chi connectivity index (χ1v) is 8.75. The summed E-state index contributed by atoms with van der Waals surface area (Å²) in [7, 11) is 0. The summed E-state index contributed by atoms with van der Waals surface area (Å²) in [5, 5.41) is 8.43. The van der Waals surface area contributed by atoms with Crippen LogP contribution in [-0.4, -0.2) is 41.3 Å². The number of anilines is 1. The molecule has 0 spiro atoms. The van der Waals surface area contributed by atoms with Gasteiger partial charge >= 0.3 is 0 Å². The lowest BCUT2D eigenvalue weighted by Crippen LogP contribution is -2.47. The van der Waals surface area contributed by atoms with Crippen molar-refractivity contribution in [3.63, 3.8) is 0 Å². The Morgan fingerprint density at radius 2 is 2.17 bits per heavy atom. The molecule has 1 aliphatic rings. The van der Waals surface area contributed by atoms with Gasteiger partial charge in [-0.05, 0) is 19.1 Å². The van der Waals surface area contributed by atoms with E-state index in [1.54, 1.807) is 0 Å². The molecule has 3 rings (SSSR count). The maximum atomic E-state index is 12.1. The molecule has 1 saturated heterocycles. The quantitative estimate of drug-likeness (QED) is 0.863. The molecule has 0 aliphatic carbocycles. The lowest BCUT2D eigenvalue weighted by atomic mass is 10.2. The van der Waals surface area contributed by atoms with Crippen molar-refractivity contribution in [3.8, 4) is 0 Å². The number of rotatable bonds is 5. The van der Waals surface area contributed by atoms with Gasteiger partial charge in [-0.1, -0.05) is 17.7 Å². The van der Waals surface area contributed by atoms with E-state index in [9.17, 15) is 9.59 Å². The number of carbonyl (C=O) groups is 2. The van der Waals surface area contributed by atoms with Gasteiger partial charge in [-0.25, -0.2) is 4.98 Å². The molecule has 1 fully saturated rings. The van der Waals surface area contributed by atoms with Gasteiger partial charge < -0.3 is 10.6 Å². The summed E-state index contributed by atoms with van der Waals surface area (Å²) in [5.74, 6) is -0.0220. The predicted molar refractivity (Wildman–Crippen MR) is 93.9 cm³/mol. The SMILES string of the molecule is Cc1ccc(NC(=O)Cc2nc(CN3CCNC(=O)C3)cs2)cc1. The number of piperazine rings is 1. The minimum atomic E-state index is -0.0721. The van der Waals surface area contributed by atoms with E-state index in [1.807, 2.05) is 36.6 Å². The van der Waals surface area contributed by atoms with Gasteiger partial charge in [0.05, 0.1) is 18.7 Å². The van der Waals surface area contributed by atoms with E-state index >= 15 is 0 Å². The van der Waals surface area contributed by atoms with Crippen LogP contribution in [0.2, 0.25) is 0 Å². The molecule has 0 radical (unpaired) electrons. The van der Waals surface area contributed by atoms with Crippen molar-refractivity contribution in [2.75, 3.05) is 25.0 Å². The van der Waals surface area contributed by atoms with Crippen LogP contribution in [0.3, 0.4) is 0 Å². The Hall–Kier alpha value is -2.25. The van der Waals surface area contributed by atoms with Gasteiger partial charge in [0.25, 0.3) is 0 Å². The molecule has 1 aromatic heterocycles. The van der Waals surface area contributed by atoms with Crippen LogP contribution in [0.5, 0.6) is 0 Å². The normalized spacial score (nSPS) is 15.1. The number of hydrogen-bond donors (Lipinski definition) is 2. The predicted octanol–water partition coefficient (Wildman–Crippen LogP) is 1.56. The number of nitrogens with one attached hydrogen (secondary N) is 2. The Kier molecular flexibility index (Phi) is 5.22. The summed E-state index contributed by atoms with van der Waals surface area (Å²) in [5.41, 5.74) is 2.86. The molecule has 126 valence electrons. The fraction of sp³-hybridized carbons (Fsp3) is 0.353. The van der Waals surface area contributed by atoms with E-state index in [1.165, 1.54) is 11.3 Å². The van der Waals surface area contributed by atoms with E-state index in [0.717, 1.165) is 28.5 Å². The molecule has 0 unspecified atom stereocenters. The smallest absolute Gasteiger partial charge is 0.234 e. The minimum absolute atomic E-state index is 0.0502. The molecule has 1 aliphatic heterocycles. The molecule has 0 bridgehead atoms. The summed E-state index contributed by atoms with van der Waals surface area (Å²) in [4.78, 5) is 30.1. The van der Waals surface area contributed by atoms with Crippen molar-refractivity contribution in [1.82, 2.24) is 15.2 Å². The lowest BCUT2D eigenvalue weighted by molar-refractivity contribution is -0.124. The molecule has 6 nitrogen and oxygen atoms in total.